The van der Waals surface area contributed by atoms with Gasteiger partial charge in [-0.1, -0.05) is 12.1 Å². The third-order valence-corrected chi connectivity index (χ3v) is 5.70. The van der Waals surface area contributed by atoms with Gasteiger partial charge in [-0.25, -0.2) is 0 Å². The summed E-state index contributed by atoms with van der Waals surface area (Å²) in [5.74, 6) is 1.70. The van der Waals surface area contributed by atoms with E-state index in [1.807, 2.05) is 24.3 Å². The molecule has 1 aliphatic heterocycles. The van der Waals surface area contributed by atoms with Crippen LogP contribution >= 0.6 is 11.8 Å². The summed E-state index contributed by atoms with van der Waals surface area (Å²) in [6.45, 7) is -0.107. The maximum atomic E-state index is 13.1. The summed E-state index contributed by atoms with van der Waals surface area (Å²) >= 11 is 1.75. The third-order valence-electron chi connectivity index (χ3n) is 4.84. The van der Waals surface area contributed by atoms with E-state index in [9.17, 15) is 26.3 Å². The van der Waals surface area contributed by atoms with Crippen LogP contribution in [0.4, 0.5) is 26.3 Å². The Morgan fingerprint density at radius 2 is 1.67 bits per heavy atom. The Labute approximate surface area is 172 Å². The molecule has 0 atom stereocenters. The lowest BCUT2D eigenvalue weighted by Gasteiger charge is -2.15. The van der Waals surface area contributed by atoms with Gasteiger partial charge in [-0.3, -0.25) is 0 Å². The van der Waals surface area contributed by atoms with Gasteiger partial charge < -0.3 is 9.88 Å². The van der Waals surface area contributed by atoms with E-state index in [0.29, 0.717) is 0 Å². The summed E-state index contributed by atoms with van der Waals surface area (Å²) in [5.41, 5.74) is 0.0792. The Hall–Kier alpha value is -2.55. The van der Waals surface area contributed by atoms with Crippen molar-refractivity contribution < 1.29 is 26.3 Å². The molecule has 0 aliphatic carbocycles. The van der Waals surface area contributed by atoms with Gasteiger partial charge >= 0.3 is 12.4 Å². The average molecular weight is 442 g/mol. The number of benzene rings is 2. The number of rotatable bonds is 3. The minimum Gasteiger partial charge on any atom is -0.379 e. The SMILES string of the molecule is FC(F)(F)c1cc(Cn2ccc3c(C=C4CSCN4)cccc32)cc(C(F)(F)F)c1. The molecule has 2 heterocycles. The molecule has 0 saturated carbocycles. The van der Waals surface area contributed by atoms with Crippen LogP contribution in [-0.4, -0.2) is 16.2 Å². The first-order valence-corrected chi connectivity index (χ1v) is 10.2. The van der Waals surface area contributed by atoms with Crippen LogP contribution in [0.1, 0.15) is 22.3 Å². The van der Waals surface area contributed by atoms with Crippen LogP contribution in [0.3, 0.4) is 0 Å². The molecule has 1 fully saturated rings. The number of hydrogen-bond donors (Lipinski definition) is 1. The molecule has 2 nitrogen and oxygen atoms in total. The lowest BCUT2D eigenvalue weighted by molar-refractivity contribution is -0.143. The summed E-state index contributed by atoms with van der Waals surface area (Å²) in [6, 6.07) is 9.05. The molecule has 30 heavy (non-hydrogen) atoms. The summed E-state index contributed by atoms with van der Waals surface area (Å²) < 4.78 is 80.4. The number of nitrogens with one attached hydrogen (secondary N) is 1. The molecule has 0 unspecified atom stereocenters. The first-order chi connectivity index (χ1) is 14.1. The van der Waals surface area contributed by atoms with E-state index in [2.05, 4.69) is 5.32 Å². The number of aromatic nitrogens is 1. The van der Waals surface area contributed by atoms with Crippen LogP contribution in [-0.2, 0) is 18.9 Å². The molecule has 0 spiro atoms. The molecule has 4 rings (SSSR count). The van der Waals surface area contributed by atoms with Gasteiger partial charge in [-0.05, 0) is 47.5 Å². The van der Waals surface area contributed by atoms with Crippen molar-refractivity contribution in [1.82, 2.24) is 9.88 Å². The predicted octanol–water partition coefficient (Wildman–Crippen LogP) is 6.36. The fourth-order valence-electron chi connectivity index (χ4n) is 3.45. The average Bonchev–Trinajstić information content (AvgIpc) is 3.31. The lowest BCUT2D eigenvalue weighted by atomic mass is 10.0. The summed E-state index contributed by atoms with van der Waals surface area (Å²) in [5, 5.41) is 4.14. The second-order valence-corrected chi connectivity index (χ2v) is 7.96. The van der Waals surface area contributed by atoms with Gasteiger partial charge in [0.05, 0.1) is 17.0 Å². The highest BCUT2D eigenvalue weighted by Gasteiger charge is 2.36. The zero-order valence-electron chi connectivity index (χ0n) is 15.4. The van der Waals surface area contributed by atoms with Gasteiger partial charge in [-0.15, -0.1) is 11.8 Å². The molecule has 1 aliphatic rings. The van der Waals surface area contributed by atoms with Gasteiger partial charge in [0.25, 0.3) is 0 Å². The minimum atomic E-state index is -4.86. The number of alkyl halides is 6. The fourth-order valence-corrected chi connectivity index (χ4v) is 4.25. The molecule has 1 N–H and O–H groups in total. The minimum absolute atomic E-state index is 0.0627. The van der Waals surface area contributed by atoms with Crippen molar-refractivity contribution >= 4 is 28.7 Å². The normalized spacial score (nSPS) is 16.4. The van der Waals surface area contributed by atoms with Crippen molar-refractivity contribution in [3.8, 4) is 0 Å². The van der Waals surface area contributed by atoms with E-state index in [1.165, 1.54) is 0 Å². The maximum absolute atomic E-state index is 13.1. The molecule has 1 saturated heterocycles. The molecule has 158 valence electrons. The van der Waals surface area contributed by atoms with Gasteiger partial charge in [-0.2, -0.15) is 26.3 Å². The first kappa shape index (κ1) is 20.7. The molecule has 1 aromatic heterocycles. The standard InChI is InChI=1S/C21H16F6N2S/c22-20(23,24)15-6-13(7-16(9-15)21(25,26)27)10-29-5-4-18-14(2-1-3-19(18)29)8-17-11-30-12-28-17/h1-9,28H,10-12H2. The molecular weight excluding hydrogens is 426 g/mol. The number of nitrogens with zero attached hydrogens (tertiary/aromatic N) is 1. The number of hydrogen-bond acceptors (Lipinski definition) is 2. The topological polar surface area (TPSA) is 17.0 Å². The van der Waals surface area contributed by atoms with Crippen LogP contribution in [0, 0.1) is 0 Å². The van der Waals surface area contributed by atoms with Gasteiger partial charge in [0.2, 0.25) is 0 Å². The van der Waals surface area contributed by atoms with E-state index in [4.69, 9.17) is 0 Å². The zero-order chi connectivity index (χ0) is 21.5. The van der Waals surface area contributed by atoms with Crippen molar-refractivity contribution in [1.29, 1.82) is 0 Å². The highest BCUT2D eigenvalue weighted by Crippen LogP contribution is 2.36. The smallest absolute Gasteiger partial charge is 0.379 e. The van der Waals surface area contributed by atoms with Crippen LogP contribution < -0.4 is 5.32 Å². The Bertz CT molecular complexity index is 1070. The Kier molecular flexibility index (Phi) is 5.25. The van der Waals surface area contributed by atoms with Crippen LogP contribution in [0.5, 0.6) is 0 Å². The second kappa shape index (κ2) is 7.61. The number of thioether (sulfide) groups is 1. The summed E-state index contributed by atoms with van der Waals surface area (Å²) in [4.78, 5) is 0. The monoisotopic (exact) mass is 442 g/mol. The van der Waals surface area contributed by atoms with Gasteiger partial charge in [0.15, 0.2) is 0 Å². The first-order valence-electron chi connectivity index (χ1n) is 9.00. The molecule has 0 bridgehead atoms. The third kappa shape index (κ3) is 4.30. The van der Waals surface area contributed by atoms with E-state index in [-0.39, 0.29) is 18.2 Å². The van der Waals surface area contributed by atoms with E-state index >= 15 is 0 Å². The highest BCUT2D eigenvalue weighted by molar-refractivity contribution is 7.99. The van der Waals surface area contributed by atoms with E-state index < -0.39 is 23.5 Å². The highest BCUT2D eigenvalue weighted by atomic mass is 32.2. The van der Waals surface area contributed by atoms with E-state index in [0.717, 1.165) is 45.9 Å². The molecule has 3 aromatic rings. The van der Waals surface area contributed by atoms with Crippen molar-refractivity contribution in [2.24, 2.45) is 0 Å². The van der Waals surface area contributed by atoms with E-state index in [1.54, 1.807) is 28.6 Å². The van der Waals surface area contributed by atoms with Gasteiger partial charge in [0.1, 0.15) is 0 Å². The Morgan fingerprint density at radius 1 is 0.967 bits per heavy atom. The molecule has 9 heteroatoms. The Balaban J connectivity index is 1.73. The van der Waals surface area contributed by atoms with Crippen molar-refractivity contribution in [2.45, 2.75) is 18.9 Å². The maximum Gasteiger partial charge on any atom is 0.416 e. The number of fused-ring (bicyclic) bond motifs is 1. The van der Waals surface area contributed by atoms with Crippen molar-refractivity contribution in [3.05, 3.63) is 76.6 Å². The Morgan fingerprint density at radius 3 is 2.27 bits per heavy atom. The zero-order valence-corrected chi connectivity index (χ0v) is 16.3. The van der Waals surface area contributed by atoms with Crippen LogP contribution in [0.15, 0.2) is 54.4 Å². The lowest BCUT2D eigenvalue weighted by Crippen LogP contribution is -2.12. The predicted molar refractivity (Wildman–Crippen MR) is 106 cm³/mol. The fraction of sp³-hybridized carbons (Fsp3) is 0.238. The number of halogens is 6. The summed E-state index contributed by atoms with van der Waals surface area (Å²) in [7, 11) is 0. The van der Waals surface area contributed by atoms with Crippen molar-refractivity contribution in [3.63, 3.8) is 0 Å². The molecule has 0 amide bonds. The van der Waals surface area contributed by atoms with Crippen molar-refractivity contribution in [2.75, 3.05) is 11.6 Å². The molecule has 2 aromatic carbocycles. The summed E-state index contributed by atoms with van der Waals surface area (Å²) in [6.07, 6.45) is -6.03. The van der Waals surface area contributed by atoms with Gasteiger partial charge in [0, 0.05) is 35.1 Å². The van der Waals surface area contributed by atoms with Crippen LogP contribution in [0.25, 0.3) is 17.0 Å². The second-order valence-electron chi connectivity index (χ2n) is 6.98. The molecular formula is C21H16F6N2S. The molecule has 0 radical (unpaired) electrons. The quantitative estimate of drug-likeness (QED) is 0.475. The van der Waals surface area contributed by atoms with Crippen LogP contribution in [0.2, 0.25) is 0 Å². The largest absolute Gasteiger partial charge is 0.416 e.